The molecule has 2 unspecified atom stereocenters. The van der Waals surface area contributed by atoms with Gasteiger partial charge in [-0.05, 0) is 36.8 Å². The Bertz CT molecular complexity index is 679. The van der Waals surface area contributed by atoms with Gasteiger partial charge in [0, 0.05) is 38.5 Å². The Morgan fingerprint density at radius 3 is 2.38 bits per heavy atom. The number of aliphatic hydroxyl groups is 1. The number of aliphatic hydroxyl groups excluding tert-OH is 1. The summed E-state index contributed by atoms with van der Waals surface area (Å²) in [7, 11) is 0. The Labute approximate surface area is 154 Å². The van der Waals surface area contributed by atoms with E-state index in [9.17, 15) is 14.7 Å². The van der Waals surface area contributed by atoms with Gasteiger partial charge in [0.2, 0.25) is 5.91 Å². The van der Waals surface area contributed by atoms with Crippen molar-refractivity contribution < 1.29 is 14.7 Å². The summed E-state index contributed by atoms with van der Waals surface area (Å²) in [6, 6.07) is 7.70. The number of benzene rings is 1. The van der Waals surface area contributed by atoms with E-state index in [-0.39, 0.29) is 23.9 Å². The summed E-state index contributed by atoms with van der Waals surface area (Å²) in [5.74, 6) is -0.0865. The van der Waals surface area contributed by atoms with Crippen molar-refractivity contribution in [1.29, 1.82) is 0 Å². The van der Waals surface area contributed by atoms with Gasteiger partial charge in [0.15, 0.2) is 0 Å². The average molecular weight is 357 g/mol. The van der Waals surface area contributed by atoms with Crippen LogP contribution in [-0.4, -0.2) is 59.1 Å². The van der Waals surface area contributed by atoms with Crippen molar-refractivity contribution in [3.8, 4) is 0 Å². The molecule has 3 aliphatic rings. The van der Waals surface area contributed by atoms with E-state index in [1.807, 2.05) is 34.1 Å². The summed E-state index contributed by atoms with van der Waals surface area (Å²) in [6.45, 7) is 2.99. The molecular weight excluding hydrogens is 330 g/mol. The van der Waals surface area contributed by atoms with E-state index in [4.69, 9.17) is 0 Å². The van der Waals surface area contributed by atoms with Crippen LogP contribution in [0.25, 0.3) is 0 Å². The Balaban J connectivity index is 1.32. The standard InChI is InChI=1S/C20H27N3O3/c24-17-13-15-5-1-2-6-16(15)18(17)21-19(25)14-7-11-23(12-8-14)20(26)22-9-3-4-10-22/h1-2,5-6,14,17-18,24H,3-4,7-13H2,(H,21,25). The van der Waals surface area contributed by atoms with Crippen LogP contribution in [0, 0.1) is 5.92 Å². The van der Waals surface area contributed by atoms with Crippen LogP contribution in [0.3, 0.4) is 0 Å². The van der Waals surface area contributed by atoms with Gasteiger partial charge in [-0.1, -0.05) is 24.3 Å². The molecule has 0 bridgehead atoms. The second-order valence-electron chi connectivity index (χ2n) is 7.69. The van der Waals surface area contributed by atoms with Crippen molar-refractivity contribution in [3.63, 3.8) is 0 Å². The summed E-state index contributed by atoms with van der Waals surface area (Å²) < 4.78 is 0. The number of carbonyl (C=O) groups excluding carboxylic acids is 2. The maximum absolute atomic E-state index is 12.7. The van der Waals surface area contributed by atoms with Crippen LogP contribution in [0.4, 0.5) is 4.79 Å². The Morgan fingerprint density at radius 1 is 1.00 bits per heavy atom. The van der Waals surface area contributed by atoms with E-state index in [0.717, 1.165) is 37.1 Å². The third-order valence-corrected chi connectivity index (χ3v) is 6.01. The van der Waals surface area contributed by atoms with Crippen LogP contribution < -0.4 is 5.32 Å². The quantitative estimate of drug-likeness (QED) is 0.846. The first kappa shape index (κ1) is 17.3. The van der Waals surface area contributed by atoms with Crippen molar-refractivity contribution in [2.75, 3.05) is 26.2 Å². The number of nitrogens with one attached hydrogen (secondary N) is 1. The molecule has 3 amide bonds. The number of fused-ring (bicyclic) bond motifs is 1. The van der Waals surface area contributed by atoms with Crippen LogP contribution in [0.15, 0.2) is 24.3 Å². The highest BCUT2D eigenvalue weighted by Crippen LogP contribution is 2.32. The van der Waals surface area contributed by atoms with Gasteiger partial charge in [-0.3, -0.25) is 4.79 Å². The lowest BCUT2D eigenvalue weighted by atomic mass is 9.95. The lowest BCUT2D eigenvalue weighted by molar-refractivity contribution is -0.127. The van der Waals surface area contributed by atoms with Gasteiger partial charge < -0.3 is 20.2 Å². The highest BCUT2D eigenvalue weighted by atomic mass is 16.3. The number of likely N-dealkylation sites (tertiary alicyclic amines) is 2. The van der Waals surface area contributed by atoms with E-state index in [0.29, 0.717) is 32.4 Å². The number of carbonyl (C=O) groups is 2. The summed E-state index contributed by atoms with van der Waals surface area (Å²) in [5, 5.41) is 13.4. The SMILES string of the molecule is O=C(NC1c2ccccc2CC1O)C1CCN(C(=O)N2CCCC2)CC1. The van der Waals surface area contributed by atoms with Crippen molar-refractivity contribution in [2.24, 2.45) is 5.92 Å². The largest absolute Gasteiger partial charge is 0.390 e. The first-order chi connectivity index (χ1) is 12.6. The van der Waals surface area contributed by atoms with Gasteiger partial charge in [-0.25, -0.2) is 4.79 Å². The molecule has 2 saturated heterocycles. The maximum Gasteiger partial charge on any atom is 0.319 e. The molecule has 1 aromatic rings. The Morgan fingerprint density at radius 2 is 1.65 bits per heavy atom. The molecule has 2 aliphatic heterocycles. The van der Waals surface area contributed by atoms with Crippen LogP contribution in [0.1, 0.15) is 42.9 Å². The van der Waals surface area contributed by atoms with Crippen molar-refractivity contribution in [2.45, 2.75) is 44.2 Å². The number of hydrogen-bond donors (Lipinski definition) is 2. The van der Waals surface area contributed by atoms with E-state index >= 15 is 0 Å². The van der Waals surface area contributed by atoms with Crippen LogP contribution in [0.5, 0.6) is 0 Å². The molecular formula is C20H27N3O3. The molecule has 4 rings (SSSR count). The van der Waals surface area contributed by atoms with Crippen LogP contribution >= 0.6 is 0 Å². The van der Waals surface area contributed by atoms with Crippen molar-refractivity contribution >= 4 is 11.9 Å². The predicted molar refractivity (Wildman–Crippen MR) is 97.5 cm³/mol. The second kappa shape index (κ2) is 7.27. The Kier molecular flexibility index (Phi) is 4.85. The predicted octanol–water partition coefficient (Wildman–Crippen LogP) is 1.69. The van der Waals surface area contributed by atoms with Gasteiger partial charge in [-0.15, -0.1) is 0 Å². The molecule has 6 nitrogen and oxygen atoms in total. The molecule has 0 radical (unpaired) electrons. The van der Waals surface area contributed by atoms with Gasteiger partial charge >= 0.3 is 6.03 Å². The molecule has 26 heavy (non-hydrogen) atoms. The lowest BCUT2D eigenvalue weighted by Gasteiger charge is -2.34. The van der Waals surface area contributed by atoms with Gasteiger partial charge in [0.05, 0.1) is 12.1 Å². The number of amides is 3. The zero-order valence-corrected chi connectivity index (χ0v) is 15.1. The first-order valence-corrected chi connectivity index (χ1v) is 9.73. The lowest BCUT2D eigenvalue weighted by Crippen LogP contribution is -2.48. The minimum atomic E-state index is -0.562. The van der Waals surface area contributed by atoms with Crippen LogP contribution in [0.2, 0.25) is 0 Å². The molecule has 0 saturated carbocycles. The normalized spacial score (nSPS) is 26.0. The maximum atomic E-state index is 12.7. The molecule has 2 N–H and O–H groups in total. The topological polar surface area (TPSA) is 72.9 Å². The minimum absolute atomic E-state index is 0.000903. The van der Waals surface area contributed by atoms with Gasteiger partial charge in [0.1, 0.15) is 0 Å². The van der Waals surface area contributed by atoms with E-state index < -0.39 is 6.10 Å². The zero-order valence-electron chi connectivity index (χ0n) is 15.1. The second-order valence-corrected chi connectivity index (χ2v) is 7.69. The van der Waals surface area contributed by atoms with E-state index in [1.54, 1.807) is 0 Å². The zero-order chi connectivity index (χ0) is 18.1. The molecule has 0 aromatic heterocycles. The third kappa shape index (κ3) is 3.30. The summed E-state index contributed by atoms with van der Waals surface area (Å²) in [5.41, 5.74) is 2.13. The fourth-order valence-electron chi connectivity index (χ4n) is 4.46. The molecule has 2 heterocycles. The highest BCUT2D eigenvalue weighted by Gasteiger charge is 2.35. The number of nitrogens with zero attached hydrogens (tertiary/aromatic N) is 2. The molecule has 1 aromatic carbocycles. The number of urea groups is 1. The van der Waals surface area contributed by atoms with E-state index in [1.165, 1.54) is 0 Å². The molecule has 2 atom stereocenters. The molecule has 6 heteroatoms. The van der Waals surface area contributed by atoms with Crippen LogP contribution in [-0.2, 0) is 11.2 Å². The summed E-state index contributed by atoms with van der Waals surface area (Å²) in [4.78, 5) is 29.0. The van der Waals surface area contributed by atoms with E-state index in [2.05, 4.69) is 5.32 Å². The van der Waals surface area contributed by atoms with Crippen molar-refractivity contribution in [3.05, 3.63) is 35.4 Å². The fraction of sp³-hybridized carbons (Fsp3) is 0.600. The summed E-state index contributed by atoms with van der Waals surface area (Å²) >= 11 is 0. The Hall–Kier alpha value is -2.08. The molecule has 1 aliphatic carbocycles. The minimum Gasteiger partial charge on any atom is -0.390 e. The molecule has 140 valence electrons. The number of piperidine rings is 1. The smallest absolute Gasteiger partial charge is 0.319 e. The monoisotopic (exact) mass is 357 g/mol. The van der Waals surface area contributed by atoms with Crippen molar-refractivity contribution in [1.82, 2.24) is 15.1 Å². The molecule has 2 fully saturated rings. The summed E-state index contributed by atoms with van der Waals surface area (Å²) in [6.07, 6.45) is 3.59. The first-order valence-electron chi connectivity index (χ1n) is 9.73. The van der Waals surface area contributed by atoms with Gasteiger partial charge in [0.25, 0.3) is 0 Å². The molecule has 0 spiro atoms. The number of hydrogen-bond acceptors (Lipinski definition) is 3. The highest BCUT2D eigenvalue weighted by molar-refractivity contribution is 5.80. The van der Waals surface area contributed by atoms with Gasteiger partial charge in [-0.2, -0.15) is 0 Å². The number of rotatable bonds is 2. The fourth-order valence-corrected chi connectivity index (χ4v) is 4.46. The average Bonchev–Trinajstić information content (AvgIpc) is 3.30. The third-order valence-electron chi connectivity index (χ3n) is 6.01.